The first-order valence-electron chi connectivity index (χ1n) is 9.10. The fraction of sp³-hybridized carbons (Fsp3) is 0.381. The average molecular weight is 410 g/mol. The van der Waals surface area contributed by atoms with E-state index in [9.17, 15) is 8.78 Å². The molecule has 2 aromatic rings. The summed E-state index contributed by atoms with van der Waals surface area (Å²) in [5, 5.41) is 4.85. The third-order valence-electron chi connectivity index (χ3n) is 4.96. The second-order valence-corrected chi connectivity index (χ2v) is 6.78. The lowest BCUT2D eigenvalue weighted by atomic mass is 9.86. The van der Waals surface area contributed by atoms with Crippen LogP contribution in [0.25, 0.3) is 0 Å². The summed E-state index contributed by atoms with van der Waals surface area (Å²) >= 11 is 0. The lowest BCUT2D eigenvalue weighted by molar-refractivity contribution is -0.0713. The Balaban J connectivity index is 0.00000280. The van der Waals surface area contributed by atoms with E-state index in [-0.39, 0.29) is 30.3 Å². The van der Waals surface area contributed by atoms with E-state index >= 15 is 0 Å². The summed E-state index contributed by atoms with van der Waals surface area (Å²) in [6, 6.07) is 10.0. The quantitative estimate of drug-likeness (QED) is 0.728. The predicted octanol–water partition coefficient (Wildman–Crippen LogP) is 4.15. The summed E-state index contributed by atoms with van der Waals surface area (Å²) in [5.41, 5.74) is 3.37. The summed E-state index contributed by atoms with van der Waals surface area (Å²) in [6.07, 6.45) is 0.233. The maximum absolute atomic E-state index is 14.3. The number of nitrogens with one attached hydrogen (secondary N) is 1. The van der Waals surface area contributed by atoms with Crippen molar-refractivity contribution in [2.75, 3.05) is 26.7 Å². The number of aryl methyl sites for hydroxylation is 2. The fourth-order valence-corrected chi connectivity index (χ4v) is 3.70. The Kier molecular flexibility index (Phi) is 7.78. The number of aliphatic imine (C=N–C) groups is 1. The Morgan fingerprint density at radius 1 is 1.11 bits per heavy atom. The molecule has 0 aromatic heterocycles. The van der Waals surface area contributed by atoms with E-state index in [1.807, 2.05) is 32.0 Å². The molecule has 1 heterocycles. The van der Waals surface area contributed by atoms with Crippen molar-refractivity contribution in [3.63, 3.8) is 0 Å². The van der Waals surface area contributed by atoms with E-state index in [0.717, 1.165) is 23.2 Å². The molecular formula is C21H26ClF2N3O. The molecule has 0 bridgehead atoms. The van der Waals surface area contributed by atoms with Crippen LogP contribution < -0.4 is 5.32 Å². The van der Waals surface area contributed by atoms with Crippen LogP contribution in [0.3, 0.4) is 0 Å². The van der Waals surface area contributed by atoms with Gasteiger partial charge in [0, 0.05) is 18.0 Å². The maximum Gasteiger partial charge on any atom is 0.218 e. The van der Waals surface area contributed by atoms with E-state index in [2.05, 4.69) is 10.3 Å². The standard InChI is InChI=1S/C21H25F2N3O.ClH/c1-14-6-4-7-15(2)20(14)16(12-17-18(22)8-5-9-19(17)23)13-26(27-3)21-24-10-11-25-21;/h4-9,16H,10-13H2,1-3H3,(H,24,25);1H. The molecule has 0 saturated carbocycles. The van der Waals surface area contributed by atoms with E-state index in [0.29, 0.717) is 19.0 Å². The van der Waals surface area contributed by atoms with Gasteiger partial charge in [-0.2, -0.15) is 0 Å². The molecule has 28 heavy (non-hydrogen) atoms. The highest BCUT2D eigenvalue weighted by Crippen LogP contribution is 2.30. The van der Waals surface area contributed by atoms with Crippen LogP contribution in [0.1, 0.15) is 28.2 Å². The van der Waals surface area contributed by atoms with Crippen molar-refractivity contribution in [3.05, 3.63) is 70.3 Å². The summed E-state index contributed by atoms with van der Waals surface area (Å²) < 4.78 is 28.7. The normalized spacial score (nSPS) is 14.1. The molecule has 152 valence electrons. The molecule has 3 rings (SSSR count). The topological polar surface area (TPSA) is 36.9 Å². The summed E-state index contributed by atoms with van der Waals surface area (Å²) in [5.74, 6) is -0.552. The highest BCUT2D eigenvalue weighted by atomic mass is 35.5. The minimum absolute atomic E-state index is 0. The van der Waals surface area contributed by atoms with Gasteiger partial charge < -0.3 is 5.32 Å². The largest absolute Gasteiger partial charge is 0.353 e. The Morgan fingerprint density at radius 2 is 1.71 bits per heavy atom. The van der Waals surface area contributed by atoms with Crippen LogP contribution in [0.15, 0.2) is 41.4 Å². The molecule has 4 nitrogen and oxygen atoms in total. The molecular weight excluding hydrogens is 384 g/mol. The number of nitrogens with zero attached hydrogens (tertiary/aromatic N) is 2. The Hall–Kier alpha value is -2.18. The first kappa shape index (κ1) is 22.1. The summed E-state index contributed by atoms with van der Waals surface area (Å²) in [4.78, 5) is 9.92. The number of hydrogen-bond donors (Lipinski definition) is 1. The summed E-state index contributed by atoms with van der Waals surface area (Å²) in [6.45, 7) is 5.92. The predicted molar refractivity (Wildman–Crippen MR) is 110 cm³/mol. The Bertz CT molecular complexity index is 804. The lowest BCUT2D eigenvalue weighted by Gasteiger charge is -2.29. The van der Waals surface area contributed by atoms with Crippen molar-refractivity contribution in [1.29, 1.82) is 0 Å². The van der Waals surface area contributed by atoms with Gasteiger partial charge in [-0.15, -0.1) is 12.4 Å². The van der Waals surface area contributed by atoms with Crippen LogP contribution in [-0.4, -0.2) is 37.8 Å². The molecule has 1 unspecified atom stereocenters. The number of benzene rings is 2. The molecule has 1 aliphatic rings. The number of halogens is 3. The van der Waals surface area contributed by atoms with Gasteiger partial charge in [0.1, 0.15) is 11.6 Å². The molecule has 2 aromatic carbocycles. The highest BCUT2D eigenvalue weighted by molar-refractivity contribution is 5.85. The van der Waals surface area contributed by atoms with Gasteiger partial charge in [-0.25, -0.2) is 18.8 Å². The van der Waals surface area contributed by atoms with E-state index in [4.69, 9.17) is 4.84 Å². The van der Waals surface area contributed by atoms with Gasteiger partial charge in [-0.05, 0) is 49.1 Å². The van der Waals surface area contributed by atoms with Gasteiger partial charge in [0.05, 0.1) is 20.2 Å². The van der Waals surface area contributed by atoms with Gasteiger partial charge in [0.15, 0.2) is 0 Å². The average Bonchev–Trinajstić information content (AvgIpc) is 3.16. The molecule has 0 spiro atoms. The van der Waals surface area contributed by atoms with Crippen molar-refractivity contribution in [3.8, 4) is 0 Å². The van der Waals surface area contributed by atoms with Gasteiger partial charge in [0.2, 0.25) is 5.96 Å². The van der Waals surface area contributed by atoms with Gasteiger partial charge >= 0.3 is 0 Å². The van der Waals surface area contributed by atoms with E-state index in [1.165, 1.54) is 18.2 Å². The molecule has 0 radical (unpaired) electrons. The first-order valence-corrected chi connectivity index (χ1v) is 9.10. The van der Waals surface area contributed by atoms with Crippen LogP contribution >= 0.6 is 12.4 Å². The van der Waals surface area contributed by atoms with Crippen molar-refractivity contribution in [1.82, 2.24) is 10.4 Å². The first-order chi connectivity index (χ1) is 13.0. The van der Waals surface area contributed by atoms with Crippen molar-refractivity contribution < 1.29 is 13.6 Å². The monoisotopic (exact) mass is 409 g/mol. The molecule has 1 atom stereocenters. The van der Waals surface area contributed by atoms with E-state index < -0.39 is 11.6 Å². The Labute approximate surface area is 171 Å². The van der Waals surface area contributed by atoms with Crippen LogP contribution in [0.5, 0.6) is 0 Å². The second-order valence-electron chi connectivity index (χ2n) is 6.78. The molecule has 1 N–H and O–H groups in total. The van der Waals surface area contributed by atoms with Crippen LogP contribution in [0.2, 0.25) is 0 Å². The fourth-order valence-electron chi connectivity index (χ4n) is 3.70. The molecule has 7 heteroatoms. The molecule has 1 aliphatic heterocycles. The maximum atomic E-state index is 14.3. The molecule has 0 saturated heterocycles. The number of rotatable bonds is 6. The van der Waals surface area contributed by atoms with Gasteiger partial charge in [0.25, 0.3) is 0 Å². The third-order valence-corrected chi connectivity index (χ3v) is 4.96. The number of guanidine groups is 1. The minimum atomic E-state index is -0.522. The van der Waals surface area contributed by atoms with Crippen LogP contribution in [0, 0.1) is 25.5 Å². The highest BCUT2D eigenvalue weighted by Gasteiger charge is 2.25. The Morgan fingerprint density at radius 3 is 2.25 bits per heavy atom. The minimum Gasteiger partial charge on any atom is -0.353 e. The van der Waals surface area contributed by atoms with Crippen LogP contribution in [-0.2, 0) is 11.3 Å². The van der Waals surface area contributed by atoms with Crippen molar-refractivity contribution in [2.24, 2.45) is 4.99 Å². The second kappa shape index (κ2) is 9.85. The number of hydroxylamine groups is 2. The SMILES string of the molecule is CON(CC(Cc1c(F)cccc1F)c1c(C)cccc1C)C1=NCCN1.Cl. The smallest absolute Gasteiger partial charge is 0.218 e. The summed E-state index contributed by atoms with van der Waals surface area (Å²) in [7, 11) is 1.58. The molecule has 0 fully saturated rings. The number of hydrogen-bond acceptors (Lipinski definition) is 4. The van der Waals surface area contributed by atoms with Gasteiger partial charge in [-0.3, -0.25) is 4.84 Å². The third kappa shape index (κ3) is 4.80. The molecule has 0 aliphatic carbocycles. The molecule has 0 amide bonds. The zero-order valence-corrected chi connectivity index (χ0v) is 17.2. The van der Waals surface area contributed by atoms with Crippen molar-refractivity contribution >= 4 is 18.4 Å². The van der Waals surface area contributed by atoms with Crippen molar-refractivity contribution in [2.45, 2.75) is 26.2 Å². The van der Waals surface area contributed by atoms with Crippen LogP contribution in [0.4, 0.5) is 8.78 Å². The zero-order chi connectivity index (χ0) is 19.4. The zero-order valence-electron chi connectivity index (χ0n) is 16.3. The van der Waals surface area contributed by atoms with Gasteiger partial charge in [-0.1, -0.05) is 24.3 Å². The lowest BCUT2D eigenvalue weighted by Crippen LogP contribution is -2.41. The van der Waals surface area contributed by atoms with E-state index in [1.54, 1.807) is 12.2 Å².